The Balaban J connectivity index is 2.34. The summed E-state index contributed by atoms with van der Waals surface area (Å²) in [5.74, 6) is 0. The van der Waals surface area contributed by atoms with E-state index in [1.165, 1.54) is 11.8 Å². The molecule has 0 saturated carbocycles. The van der Waals surface area contributed by atoms with Gasteiger partial charge in [-0.1, -0.05) is 69.3 Å². The number of hydrogen-bond acceptors (Lipinski definition) is 4. The van der Waals surface area contributed by atoms with Crippen molar-refractivity contribution in [1.82, 2.24) is 0 Å². The molecule has 0 N–H and O–H groups in total. The highest BCUT2D eigenvalue weighted by Crippen LogP contribution is 2.41. The topological polar surface area (TPSA) is 35.5 Å². The third-order valence-corrected chi connectivity index (χ3v) is 10.5. The van der Waals surface area contributed by atoms with Gasteiger partial charge >= 0.3 is 0 Å². The van der Waals surface area contributed by atoms with E-state index in [-0.39, 0.29) is 10.2 Å². The molecule has 146 valence electrons. The molecule has 0 spiro atoms. The number of thioether (sulfide) groups is 1. The molecule has 0 saturated heterocycles. The molecule has 1 unspecified atom stereocenters. The first-order valence-electron chi connectivity index (χ1n) is 9.18. The van der Waals surface area contributed by atoms with Crippen LogP contribution in [0.1, 0.15) is 32.4 Å². The van der Waals surface area contributed by atoms with Crippen LogP contribution in [0.4, 0.5) is 0 Å². The molecule has 2 atom stereocenters. The van der Waals surface area contributed by atoms with Crippen molar-refractivity contribution in [2.24, 2.45) is 0 Å². The van der Waals surface area contributed by atoms with Crippen LogP contribution in [-0.2, 0) is 14.0 Å². The number of carbonyl (C=O) groups excluding carboxylic acids is 1. The number of carbonyl (C=O) groups is 1. The van der Waals surface area contributed by atoms with Gasteiger partial charge in [-0.3, -0.25) is 4.79 Å². The van der Waals surface area contributed by atoms with Gasteiger partial charge in [0.05, 0.1) is 0 Å². The van der Waals surface area contributed by atoms with Crippen LogP contribution in [0.15, 0.2) is 65.6 Å². The Morgan fingerprint density at radius 1 is 0.963 bits per heavy atom. The van der Waals surface area contributed by atoms with Crippen LogP contribution in [-0.4, -0.2) is 26.6 Å². The molecule has 0 amide bonds. The fourth-order valence-corrected chi connectivity index (χ4v) is 4.56. The van der Waals surface area contributed by atoms with Gasteiger partial charge in [-0.25, -0.2) is 0 Å². The summed E-state index contributed by atoms with van der Waals surface area (Å²) < 4.78 is 12.4. The maximum absolute atomic E-state index is 13.1. The zero-order chi connectivity index (χ0) is 20.1. The second-order valence-electron chi connectivity index (χ2n) is 8.10. The molecule has 0 fully saturated rings. The molecule has 27 heavy (non-hydrogen) atoms. The average Bonchev–Trinajstić information content (AvgIpc) is 2.62. The molecule has 0 radical (unpaired) electrons. The van der Waals surface area contributed by atoms with Gasteiger partial charge in [0, 0.05) is 12.0 Å². The molecule has 2 aromatic rings. The van der Waals surface area contributed by atoms with Crippen LogP contribution >= 0.6 is 11.8 Å². The maximum Gasteiger partial charge on any atom is 0.225 e. The Labute approximate surface area is 168 Å². The third-order valence-electron chi connectivity index (χ3n) is 5.08. The van der Waals surface area contributed by atoms with Crippen molar-refractivity contribution in [1.29, 1.82) is 0 Å². The Kier molecular flexibility index (Phi) is 7.45. The summed E-state index contributed by atoms with van der Waals surface area (Å²) in [4.78, 5) is 14.0. The van der Waals surface area contributed by atoms with E-state index in [4.69, 9.17) is 9.16 Å². The van der Waals surface area contributed by atoms with E-state index in [2.05, 4.69) is 33.9 Å². The largest absolute Gasteiger partial charge is 0.407 e. The van der Waals surface area contributed by atoms with Crippen molar-refractivity contribution in [3.8, 4) is 0 Å². The van der Waals surface area contributed by atoms with E-state index < -0.39 is 20.5 Å². The Morgan fingerprint density at radius 2 is 1.48 bits per heavy atom. The van der Waals surface area contributed by atoms with Crippen molar-refractivity contribution in [2.75, 3.05) is 7.11 Å². The van der Waals surface area contributed by atoms with Crippen LogP contribution in [0.2, 0.25) is 18.1 Å². The number of ether oxygens (including phenoxy) is 1. The van der Waals surface area contributed by atoms with Crippen LogP contribution < -0.4 is 0 Å². The van der Waals surface area contributed by atoms with E-state index in [1.54, 1.807) is 7.11 Å². The van der Waals surface area contributed by atoms with E-state index in [0.717, 1.165) is 10.5 Å². The first kappa shape index (κ1) is 21.9. The minimum atomic E-state index is -2.11. The quantitative estimate of drug-likeness (QED) is 0.415. The van der Waals surface area contributed by atoms with Gasteiger partial charge in [0.2, 0.25) is 5.12 Å². The van der Waals surface area contributed by atoms with Gasteiger partial charge in [-0.2, -0.15) is 0 Å². The summed E-state index contributed by atoms with van der Waals surface area (Å²) in [6, 6.07) is 19.6. The molecule has 0 aromatic heterocycles. The average molecular weight is 403 g/mol. The molecule has 0 heterocycles. The lowest BCUT2D eigenvalue weighted by atomic mass is 10.1. The van der Waals surface area contributed by atoms with Crippen LogP contribution in [0.5, 0.6) is 0 Å². The lowest BCUT2D eigenvalue weighted by Crippen LogP contribution is -2.45. The highest BCUT2D eigenvalue weighted by atomic mass is 32.2. The third kappa shape index (κ3) is 5.78. The summed E-state index contributed by atoms with van der Waals surface area (Å²) in [7, 11) is -0.527. The van der Waals surface area contributed by atoms with Crippen molar-refractivity contribution < 1.29 is 14.0 Å². The van der Waals surface area contributed by atoms with Gasteiger partial charge in [0.15, 0.2) is 14.4 Å². The summed E-state index contributed by atoms with van der Waals surface area (Å²) in [6.07, 6.45) is -1.10. The molecule has 2 rings (SSSR count). The normalized spacial score (nSPS) is 14.6. The number of rotatable bonds is 7. The number of methoxy groups -OCH3 is 1. The Hall–Kier alpha value is -1.40. The lowest BCUT2D eigenvalue weighted by Gasteiger charge is -2.41. The van der Waals surface area contributed by atoms with E-state index in [1.807, 2.05) is 60.7 Å². The van der Waals surface area contributed by atoms with Crippen molar-refractivity contribution in [3.63, 3.8) is 0 Å². The first-order chi connectivity index (χ1) is 12.7. The minimum Gasteiger partial charge on any atom is -0.407 e. The van der Waals surface area contributed by atoms with Gasteiger partial charge in [-0.05, 0) is 47.6 Å². The highest BCUT2D eigenvalue weighted by Gasteiger charge is 2.43. The van der Waals surface area contributed by atoms with E-state index in [9.17, 15) is 4.79 Å². The summed E-state index contributed by atoms with van der Waals surface area (Å²) in [5.41, 5.74) is 0.969. The number of benzene rings is 2. The molecule has 2 aromatic carbocycles. The molecule has 3 nitrogen and oxygen atoms in total. The predicted molar refractivity (Wildman–Crippen MR) is 116 cm³/mol. The van der Waals surface area contributed by atoms with Gasteiger partial charge < -0.3 is 9.16 Å². The van der Waals surface area contributed by atoms with Gasteiger partial charge in [0.25, 0.3) is 0 Å². The van der Waals surface area contributed by atoms with E-state index >= 15 is 0 Å². The Morgan fingerprint density at radius 3 is 1.96 bits per heavy atom. The monoisotopic (exact) mass is 402 g/mol. The van der Waals surface area contributed by atoms with E-state index in [0.29, 0.717) is 0 Å². The molecule has 0 aliphatic heterocycles. The van der Waals surface area contributed by atoms with Crippen LogP contribution in [0.3, 0.4) is 0 Å². The molecular formula is C22H30O3SSi. The fraction of sp³-hybridized carbons (Fsp3) is 0.409. The van der Waals surface area contributed by atoms with Crippen LogP contribution in [0, 0.1) is 0 Å². The zero-order valence-corrected chi connectivity index (χ0v) is 18.9. The van der Waals surface area contributed by atoms with Gasteiger partial charge in [-0.15, -0.1) is 0 Å². The summed E-state index contributed by atoms with van der Waals surface area (Å²) in [6.45, 7) is 11.0. The predicted octanol–water partition coefficient (Wildman–Crippen LogP) is 6.08. The standard InChI is InChI=1S/C22H30O3SSi/c1-22(2,3)27(5,6)25-19(17-13-9-7-10-14-17)20(24-4)21(23)26-18-15-11-8-12-16-18/h7-16,19-20H,1-6H3/t19-,20?/m1/s1. The maximum atomic E-state index is 13.1. The fourth-order valence-electron chi connectivity index (χ4n) is 2.45. The molecule has 0 aliphatic carbocycles. The Bertz CT molecular complexity index is 726. The molecular weight excluding hydrogens is 372 g/mol. The molecule has 5 heteroatoms. The molecule has 0 aliphatic rings. The van der Waals surface area contributed by atoms with Gasteiger partial charge in [0.1, 0.15) is 6.10 Å². The second kappa shape index (κ2) is 9.19. The smallest absolute Gasteiger partial charge is 0.225 e. The van der Waals surface area contributed by atoms with Crippen molar-refractivity contribution >= 4 is 25.2 Å². The zero-order valence-electron chi connectivity index (χ0n) is 17.1. The summed E-state index contributed by atoms with van der Waals surface area (Å²) in [5, 5.41) is -0.00947. The first-order valence-corrected chi connectivity index (χ1v) is 12.9. The number of hydrogen-bond donors (Lipinski definition) is 0. The minimum absolute atomic E-state index is 0.0357. The van der Waals surface area contributed by atoms with Crippen LogP contribution in [0.25, 0.3) is 0 Å². The molecule has 0 bridgehead atoms. The highest BCUT2D eigenvalue weighted by molar-refractivity contribution is 8.13. The summed E-state index contributed by atoms with van der Waals surface area (Å²) >= 11 is 1.20. The van der Waals surface area contributed by atoms with Crippen molar-refractivity contribution in [3.05, 3.63) is 66.2 Å². The second-order valence-corrected chi connectivity index (χ2v) is 13.9. The SMILES string of the molecule is COC(C(=O)Sc1ccccc1)[C@H](O[Si](C)(C)C(C)(C)C)c1ccccc1. The lowest BCUT2D eigenvalue weighted by molar-refractivity contribution is -0.126. The van der Waals surface area contributed by atoms with Crippen molar-refractivity contribution in [2.45, 2.75) is 56.0 Å².